The Bertz CT molecular complexity index is 1230. The Morgan fingerprint density at radius 2 is 1.65 bits per heavy atom. The number of anilines is 2. The minimum atomic E-state index is -2.27. The number of aliphatic hydroxyl groups excluding tert-OH is 2. The molecule has 1 amide bonds. The maximum atomic E-state index is 12.2. The molecule has 0 fully saturated rings. The first-order valence-electron chi connectivity index (χ1n) is 12.2. The number of ether oxygens (including phenoxy) is 1. The van der Waals surface area contributed by atoms with Crippen molar-refractivity contribution in [2.75, 3.05) is 37.9 Å². The smallest absolute Gasteiger partial charge is 0.335 e. The van der Waals surface area contributed by atoms with Crippen LogP contribution >= 0.6 is 0 Å². The minimum absolute atomic E-state index is 0.238. The maximum absolute atomic E-state index is 12.2. The van der Waals surface area contributed by atoms with Crippen molar-refractivity contribution in [3.05, 3.63) is 65.7 Å². The van der Waals surface area contributed by atoms with Crippen molar-refractivity contribution in [3.8, 4) is 5.75 Å². The number of benzene rings is 2. The van der Waals surface area contributed by atoms with E-state index in [1.54, 1.807) is 23.9 Å². The van der Waals surface area contributed by atoms with Gasteiger partial charge in [-0.2, -0.15) is 4.98 Å². The molecule has 2 aromatic carbocycles. The van der Waals surface area contributed by atoms with E-state index in [0.29, 0.717) is 24.7 Å². The number of carboxylic acids is 2. The van der Waals surface area contributed by atoms with Crippen LogP contribution in [-0.2, 0) is 23.2 Å². The molecule has 2 atom stereocenters. The highest BCUT2D eigenvalue weighted by Crippen LogP contribution is 2.15. The van der Waals surface area contributed by atoms with E-state index in [1.807, 2.05) is 44.4 Å². The summed E-state index contributed by atoms with van der Waals surface area (Å²) >= 11 is 0. The number of carbonyl (C=O) groups is 3. The number of aromatic nitrogens is 3. The summed E-state index contributed by atoms with van der Waals surface area (Å²) < 4.78 is 7.45. The maximum Gasteiger partial charge on any atom is 0.335 e. The molecule has 40 heavy (non-hydrogen) atoms. The number of aliphatic carboxylic acids is 2. The van der Waals surface area contributed by atoms with Gasteiger partial charge in [-0.1, -0.05) is 30.3 Å². The Hall–Kier alpha value is -4.53. The van der Waals surface area contributed by atoms with Crippen LogP contribution < -0.4 is 15.4 Å². The second-order valence-electron chi connectivity index (χ2n) is 8.78. The summed E-state index contributed by atoms with van der Waals surface area (Å²) in [5.74, 6) is -2.05. The fraction of sp³-hybridized carbons (Fsp3) is 0.346. The lowest BCUT2D eigenvalue weighted by atomic mass is 10.2. The van der Waals surface area contributed by atoms with Gasteiger partial charge < -0.3 is 35.4 Å². The number of rotatable bonds is 13. The van der Waals surface area contributed by atoms with Crippen LogP contribution in [0.2, 0.25) is 0 Å². The van der Waals surface area contributed by atoms with Crippen molar-refractivity contribution >= 4 is 29.7 Å². The summed E-state index contributed by atoms with van der Waals surface area (Å²) in [4.78, 5) is 38.2. The molecule has 0 saturated carbocycles. The van der Waals surface area contributed by atoms with Crippen LogP contribution in [0.1, 0.15) is 22.3 Å². The SMILES string of the molecule is CN(C)Cc1cccc(OCCCNc2nc(NC(=O)c3ccccc3)nn2C)c1.O=C(O)C(O)C(O)C(=O)O. The van der Waals surface area contributed by atoms with E-state index in [4.69, 9.17) is 25.2 Å². The molecule has 0 aliphatic carbocycles. The monoisotopic (exact) mass is 558 g/mol. The topological polar surface area (TPSA) is 199 Å². The van der Waals surface area contributed by atoms with Crippen LogP contribution in [0.4, 0.5) is 11.9 Å². The first-order chi connectivity index (χ1) is 19.0. The van der Waals surface area contributed by atoms with Crippen LogP contribution in [0.15, 0.2) is 54.6 Å². The highest BCUT2D eigenvalue weighted by atomic mass is 16.5. The first kappa shape index (κ1) is 31.7. The molecule has 216 valence electrons. The highest BCUT2D eigenvalue weighted by molar-refractivity contribution is 6.03. The average molecular weight is 559 g/mol. The highest BCUT2D eigenvalue weighted by Gasteiger charge is 2.29. The quantitative estimate of drug-likeness (QED) is 0.162. The largest absolute Gasteiger partial charge is 0.494 e. The lowest BCUT2D eigenvalue weighted by Gasteiger charge is -2.12. The number of carbonyl (C=O) groups excluding carboxylic acids is 1. The standard InChI is InChI=1S/C22H28N6O2.C4H6O6/c1-27(2)16-17-9-7-12-19(15-17)30-14-8-13-23-22-25-21(26-28(22)3)24-20(29)18-10-5-4-6-11-18;5-1(3(7)8)2(6)4(9)10/h4-7,9-12,15H,8,13-14,16H2,1-3H3,(H2,23,24,25,26,29);1-2,5-6H,(H,7,8)(H,9,10). The summed E-state index contributed by atoms with van der Waals surface area (Å²) in [7, 11) is 5.87. The molecule has 14 nitrogen and oxygen atoms in total. The van der Waals surface area contributed by atoms with Crippen LogP contribution in [0.25, 0.3) is 0 Å². The van der Waals surface area contributed by atoms with Crippen molar-refractivity contribution in [3.63, 3.8) is 0 Å². The predicted molar refractivity (Wildman–Crippen MR) is 145 cm³/mol. The molecule has 14 heteroatoms. The molecule has 0 aliphatic rings. The van der Waals surface area contributed by atoms with Gasteiger partial charge in [0.25, 0.3) is 11.9 Å². The summed E-state index contributed by atoms with van der Waals surface area (Å²) in [5.41, 5.74) is 1.78. The van der Waals surface area contributed by atoms with Crippen LogP contribution in [0.5, 0.6) is 5.75 Å². The molecular formula is C26H34N6O8. The van der Waals surface area contributed by atoms with Gasteiger partial charge in [0.15, 0.2) is 12.2 Å². The van der Waals surface area contributed by atoms with E-state index in [2.05, 4.69) is 37.7 Å². The van der Waals surface area contributed by atoms with Crippen LogP contribution in [0.3, 0.4) is 0 Å². The van der Waals surface area contributed by atoms with Gasteiger partial charge in [-0.3, -0.25) is 10.1 Å². The second-order valence-corrected chi connectivity index (χ2v) is 8.78. The lowest BCUT2D eigenvalue weighted by Crippen LogP contribution is -2.39. The third-order valence-electron chi connectivity index (χ3n) is 5.10. The number of hydrogen-bond donors (Lipinski definition) is 6. The van der Waals surface area contributed by atoms with E-state index in [0.717, 1.165) is 18.7 Å². The Labute approximate surface area is 230 Å². The molecule has 0 radical (unpaired) electrons. The molecule has 0 aliphatic heterocycles. The Balaban J connectivity index is 0.000000478. The summed E-state index contributed by atoms with van der Waals surface area (Å²) in [6.07, 6.45) is -3.73. The van der Waals surface area contributed by atoms with Gasteiger partial charge >= 0.3 is 11.9 Å². The van der Waals surface area contributed by atoms with Gasteiger partial charge in [0.1, 0.15) is 5.75 Å². The number of aryl methyl sites for hydroxylation is 1. The summed E-state index contributed by atoms with van der Waals surface area (Å²) in [6.45, 7) is 2.15. The summed E-state index contributed by atoms with van der Waals surface area (Å²) in [6, 6.07) is 17.1. The first-order valence-corrected chi connectivity index (χ1v) is 12.2. The van der Waals surface area contributed by atoms with E-state index in [1.165, 1.54) is 5.56 Å². The Morgan fingerprint density at radius 3 is 2.25 bits per heavy atom. The van der Waals surface area contributed by atoms with Gasteiger partial charge in [-0.25, -0.2) is 14.3 Å². The Kier molecular flexibility index (Phi) is 12.5. The zero-order chi connectivity index (χ0) is 29.7. The minimum Gasteiger partial charge on any atom is -0.494 e. The molecule has 3 aromatic rings. The molecule has 6 N–H and O–H groups in total. The number of nitrogens with one attached hydrogen (secondary N) is 2. The molecule has 1 aromatic heterocycles. The average Bonchev–Trinajstić information content (AvgIpc) is 3.26. The van der Waals surface area contributed by atoms with Crippen molar-refractivity contribution in [2.45, 2.75) is 25.2 Å². The van der Waals surface area contributed by atoms with Gasteiger partial charge in [0, 0.05) is 25.7 Å². The number of hydrogen-bond acceptors (Lipinski definition) is 10. The number of amides is 1. The lowest BCUT2D eigenvalue weighted by molar-refractivity contribution is -0.165. The number of nitrogens with zero attached hydrogens (tertiary/aromatic N) is 4. The molecule has 2 unspecified atom stereocenters. The Morgan fingerprint density at radius 1 is 1.00 bits per heavy atom. The van der Waals surface area contributed by atoms with E-state index < -0.39 is 24.1 Å². The third-order valence-corrected chi connectivity index (χ3v) is 5.10. The normalized spacial score (nSPS) is 12.1. The van der Waals surface area contributed by atoms with Crippen LogP contribution in [0, 0.1) is 0 Å². The fourth-order valence-corrected chi connectivity index (χ4v) is 3.19. The molecule has 0 bridgehead atoms. The second kappa shape index (κ2) is 15.8. The zero-order valence-corrected chi connectivity index (χ0v) is 22.4. The zero-order valence-electron chi connectivity index (χ0n) is 22.4. The molecule has 1 heterocycles. The van der Waals surface area contributed by atoms with Gasteiger partial charge in [0.2, 0.25) is 5.95 Å². The van der Waals surface area contributed by atoms with E-state index in [-0.39, 0.29) is 11.9 Å². The van der Waals surface area contributed by atoms with Gasteiger partial charge in [-0.15, -0.1) is 5.10 Å². The van der Waals surface area contributed by atoms with Gasteiger partial charge in [0.05, 0.1) is 6.61 Å². The van der Waals surface area contributed by atoms with Gasteiger partial charge in [-0.05, 0) is 50.3 Å². The van der Waals surface area contributed by atoms with Crippen molar-refractivity contribution in [1.29, 1.82) is 0 Å². The van der Waals surface area contributed by atoms with Crippen LogP contribution in [-0.4, -0.2) is 97.4 Å². The fourth-order valence-electron chi connectivity index (χ4n) is 3.19. The van der Waals surface area contributed by atoms with Crippen molar-refractivity contribution in [2.24, 2.45) is 7.05 Å². The van der Waals surface area contributed by atoms with E-state index in [9.17, 15) is 14.4 Å². The number of carboxylic acid groups (broad SMARTS) is 2. The number of aliphatic hydroxyl groups is 2. The molecule has 0 spiro atoms. The predicted octanol–water partition coefficient (Wildman–Crippen LogP) is 0.887. The molecule has 0 saturated heterocycles. The van der Waals surface area contributed by atoms with Crippen molar-refractivity contribution in [1.82, 2.24) is 19.7 Å². The molecule has 3 rings (SSSR count). The van der Waals surface area contributed by atoms with Crippen molar-refractivity contribution < 1.29 is 39.5 Å². The van der Waals surface area contributed by atoms with E-state index >= 15 is 0 Å². The molecular weight excluding hydrogens is 524 g/mol. The summed E-state index contributed by atoms with van der Waals surface area (Å²) in [5, 5.41) is 42.7. The third kappa shape index (κ3) is 10.7.